The smallest absolute Gasteiger partial charge is 0.162 e. The van der Waals surface area contributed by atoms with Gasteiger partial charge in [-0.15, -0.1) is 0 Å². The second-order valence-corrected chi connectivity index (χ2v) is 5.73. The number of fused-ring (bicyclic) bond motifs is 1. The number of aromatic nitrogens is 4. The number of hydrogen-bond acceptors (Lipinski definition) is 5. The average molecular weight is 295 g/mol. The van der Waals surface area contributed by atoms with E-state index in [-0.39, 0.29) is 0 Å². The van der Waals surface area contributed by atoms with Gasteiger partial charge in [-0.1, -0.05) is 11.6 Å². The fourth-order valence-corrected chi connectivity index (χ4v) is 2.79. The van der Waals surface area contributed by atoms with E-state index < -0.39 is 0 Å². The van der Waals surface area contributed by atoms with Crippen LogP contribution in [0.4, 0.5) is 0 Å². The number of rotatable bonds is 2. The minimum Gasteiger partial charge on any atom is -0.305 e. The molecule has 0 spiro atoms. The van der Waals surface area contributed by atoms with Gasteiger partial charge in [-0.2, -0.15) is 5.10 Å². The molecule has 1 aliphatic heterocycles. The zero-order chi connectivity index (χ0) is 14.1. The molecule has 1 saturated heterocycles. The Morgan fingerprint density at radius 1 is 1.15 bits per heavy atom. The standard InChI is InChI=1S/C13H19ClN6/c1-18-4-3-5-20(7-6-18)9-11-16-12(14)10-8-15-19(2)13(10)17-11/h8H,3-7,9H2,1-2H3. The molecule has 3 heterocycles. The van der Waals surface area contributed by atoms with Crippen LogP contribution in [0.15, 0.2) is 6.20 Å². The maximum Gasteiger partial charge on any atom is 0.162 e. The Balaban J connectivity index is 1.81. The highest BCUT2D eigenvalue weighted by Gasteiger charge is 2.15. The molecule has 2 aromatic heterocycles. The van der Waals surface area contributed by atoms with Crippen molar-refractivity contribution in [2.75, 3.05) is 33.2 Å². The Hall–Kier alpha value is -1.24. The topological polar surface area (TPSA) is 50.1 Å². The Morgan fingerprint density at radius 2 is 2.00 bits per heavy atom. The first kappa shape index (κ1) is 13.7. The van der Waals surface area contributed by atoms with Gasteiger partial charge in [0.15, 0.2) is 5.65 Å². The zero-order valence-corrected chi connectivity index (χ0v) is 12.6. The predicted octanol–water partition coefficient (Wildman–Crippen LogP) is 1.15. The van der Waals surface area contributed by atoms with E-state index in [0.29, 0.717) is 5.15 Å². The maximum atomic E-state index is 6.22. The van der Waals surface area contributed by atoms with E-state index in [1.54, 1.807) is 10.9 Å². The van der Waals surface area contributed by atoms with Gasteiger partial charge in [0.1, 0.15) is 11.0 Å². The van der Waals surface area contributed by atoms with Crippen LogP contribution in [0.2, 0.25) is 5.15 Å². The summed E-state index contributed by atoms with van der Waals surface area (Å²) in [4.78, 5) is 13.7. The summed E-state index contributed by atoms with van der Waals surface area (Å²) in [5.74, 6) is 0.774. The second kappa shape index (κ2) is 5.63. The molecule has 6 nitrogen and oxygen atoms in total. The Bertz CT molecular complexity index is 610. The largest absolute Gasteiger partial charge is 0.305 e. The van der Waals surface area contributed by atoms with Gasteiger partial charge >= 0.3 is 0 Å². The number of aryl methyl sites for hydroxylation is 1. The van der Waals surface area contributed by atoms with E-state index in [2.05, 4.69) is 31.9 Å². The summed E-state index contributed by atoms with van der Waals surface area (Å²) >= 11 is 6.22. The monoisotopic (exact) mass is 294 g/mol. The van der Waals surface area contributed by atoms with Gasteiger partial charge in [-0.3, -0.25) is 9.58 Å². The van der Waals surface area contributed by atoms with Crippen LogP contribution in [-0.4, -0.2) is 62.8 Å². The molecule has 0 aromatic carbocycles. The summed E-state index contributed by atoms with van der Waals surface area (Å²) in [6.07, 6.45) is 2.89. The lowest BCUT2D eigenvalue weighted by Gasteiger charge is -2.19. The molecule has 7 heteroatoms. The third kappa shape index (κ3) is 2.77. The van der Waals surface area contributed by atoms with Gasteiger partial charge in [0, 0.05) is 20.1 Å². The number of halogens is 1. The molecule has 2 aromatic rings. The highest BCUT2D eigenvalue weighted by atomic mass is 35.5. The third-order valence-electron chi connectivity index (χ3n) is 3.77. The Labute approximate surface area is 123 Å². The molecule has 0 saturated carbocycles. The Kier molecular flexibility index (Phi) is 3.87. The molecular formula is C13H19ClN6. The molecule has 1 aliphatic rings. The lowest BCUT2D eigenvalue weighted by atomic mass is 10.3. The lowest BCUT2D eigenvalue weighted by Crippen LogP contribution is -2.29. The van der Waals surface area contributed by atoms with Crippen molar-refractivity contribution in [2.45, 2.75) is 13.0 Å². The van der Waals surface area contributed by atoms with E-state index in [0.717, 1.165) is 49.6 Å². The van der Waals surface area contributed by atoms with Crippen molar-refractivity contribution in [3.8, 4) is 0 Å². The molecule has 0 bridgehead atoms. The molecule has 0 atom stereocenters. The van der Waals surface area contributed by atoms with Crippen LogP contribution < -0.4 is 0 Å². The van der Waals surface area contributed by atoms with E-state index in [1.807, 2.05) is 7.05 Å². The first-order valence-corrected chi connectivity index (χ1v) is 7.26. The predicted molar refractivity (Wildman–Crippen MR) is 78.7 cm³/mol. The quantitative estimate of drug-likeness (QED) is 0.778. The molecule has 3 rings (SSSR count). The summed E-state index contributed by atoms with van der Waals surface area (Å²) in [5.41, 5.74) is 0.798. The van der Waals surface area contributed by atoms with E-state index in [1.165, 1.54) is 6.42 Å². The van der Waals surface area contributed by atoms with Gasteiger partial charge in [0.05, 0.1) is 18.1 Å². The molecule has 0 N–H and O–H groups in total. The fourth-order valence-electron chi connectivity index (χ4n) is 2.56. The van der Waals surface area contributed by atoms with Crippen LogP contribution in [0.25, 0.3) is 11.0 Å². The zero-order valence-electron chi connectivity index (χ0n) is 11.9. The minimum absolute atomic E-state index is 0.491. The Morgan fingerprint density at radius 3 is 2.85 bits per heavy atom. The van der Waals surface area contributed by atoms with Crippen LogP contribution in [0, 0.1) is 0 Å². The van der Waals surface area contributed by atoms with Crippen LogP contribution >= 0.6 is 11.6 Å². The van der Waals surface area contributed by atoms with Crippen LogP contribution in [0.3, 0.4) is 0 Å². The molecule has 108 valence electrons. The molecule has 0 radical (unpaired) electrons. The van der Waals surface area contributed by atoms with Crippen molar-refractivity contribution >= 4 is 22.6 Å². The van der Waals surface area contributed by atoms with Gasteiger partial charge in [0.25, 0.3) is 0 Å². The number of likely N-dealkylation sites (N-methyl/N-ethyl adjacent to an activating group) is 1. The molecule has 20 heavy (non-hydrogen) atoms. The van der Waals surface area contributed by atoms with Gasteiger partial charge < -0.3 is 4.90 Å². The third-order valence-corrected chi connectivity index (χ3v) is 4.06. The first-order valence-electron chi connectivity index (χ1n) is 6.88. The first-order chi connectivity index (χ1) is 9.63. The van der Waals surface area contributed by atoms with Crippen molar-refractivity contribution in [2.24, 2.45) is 7.05 Å². The molecule has 1 fully saturated rings. The van der Waals surface area contributed by atoms with Gasteiger partial charge in [0.2, 0.25) is 0 Å². The molecule has 0 amide bonds. The summed E-state index contributed by atoms with van der Waals surface area (Å²) in [6.45, 7) is 5.10. The summed E-state index contributed by atoms with van der Waals surface area (Å²) in [7, 11) is 4.04. The molecular weight excluding hydrogens is 276 g/mol. The van der Waals surface area contributed by atoms with E-state index >= 15 is 0 Å². The maximum absolute atomic E-state index is 6.22. The van der Waals surface area contributed by atoms with Gasteiger partial charge in [-0.05, 0) is 26.6 Å². The average Bonchev–Trinajstić information content (AvgIpc) is 2.65. The fraction of sp³-hybridized carbons (Fsp3) is 0.615. The molecule has 0 aliphatic carbocycles. The number of hydrogen-bond donors (Lipinski definition) is 0. The van der Waals surface area contributed by atoms with Crippen molar-refractivity contribution < 1.29 is 0 Å². The van der Waals surface area contributed by atoms with Gasteiger partial charge in [-0.25, -0.2) is 9.97 Å². The van der Waals surface area contributed by atoms with Crippen LogP contribution in [-0.2, 0) is 13.6 Å². The summed E-state index contributed by atoms with van der Waals surface area (Å²) in [6, 6.07) is 0. The van der Waals surface area contributed by atoms with E-state index in [4.69, 9.17) is 11.6 Å². The SMILES string of the molecule is CN1CCCN(Cc2nc(Cl)c3cnn(C)c3n2)CC1. The molecule has 0 unspecified atom stereocenters. The van der Waals surface area contributed by atoms with Crippen molar-refractivity contribution in [3.63, 3.8) is 0 Å². The van der Waals surface area contributed by atoms with E-state index in [9.17, 15) is 0 Å². The van der Waals surface area contributed by atoms with Crippen molar-refractivity contribution in [1.29, 1.82) is 0 Å². The lowest BCUT2D eigenvalue weighted by molar-refractivity contribution is 0.263. The second-order valence-electron chi connectivity index (χ2n) is 5.37. The number of nitrogens with zero attached hydrogens (tertiary/aromatic N) is 6. The van der Waals surface area contributed by atoms with Crippen LogP contribution in [0.5, 0.6) is 0 Å². The highest BCUT2D eigenvalue weighted by molar-refractivity contribution is 6.33. The van der Waals surface area contributed by atoms with Crippen LogP contribution in [0.1, 0.15) is 12.2 Å². The summed E-state index contributed by atoms with van der Waals surface area (Å²) < 4.78 is 1.74. The normalized spacial score (nSPS) is 18.6. The highest BCUT2D eigenvalue weighted by Crippen LogP contribution is 2.20. The minimum atomic E-state index is 0.491. The van der Waals surface area contributed by atoms with Crippen molar-refractivity contribution in [1.82, 2.24) is 29.5 Å². The van der Waals surface area contributed by atoms with Crippen molar-refractivity contribution in [3.05, 3.63) is 17.2 Å². The summed E-state index contributed by atoms with van der Waals surface area (Å²) in [5, 5.41) is 5.48.